The third kappa shape index (κ3) is 4.11. The van der Waals surface area contributed by atoms with Crippen LogP contribution in [0, 0.1) is 0 Å². The van der Waals surface area contributed by atoms with Gasteiger partial charge in [-0.3, -0.25) is 9.48 Å². The van der Waals surface area contributed by atoms with Gasteiger partial charge in [-0.25, -0.2) is 4.98 Å². The molecule has 1 fully saturated rings. The Kier molecular flexibility index (Phi) is 5.43. The van der Waals surface area contributed by atoms with Gasteiger partial charge in [-0.1, -0.05) is 0 Å². The average Bonchev–Trinajstić information content (AvgIpc) is 3.03. The molecule has 2 aromatic rings. The summed E-state index contributed by atoms with van der Waals surface area (Å²) in [6.07, 6.45) is 8.62. The van der Waals surface area contributed by atoms with E-state index in [2.05, 4.69) is 15.4 Å². The van der Waals surface area contributed by atoms with Crippen LogP contribution in [0.3, 0.4) is 0 Å². The van der Waals surface area contributed by atoms with Crippen molar-refractivity contribution in [3.63, 3.8) is 0 Å². The normalized spacial score (nSPS) is 17.5. The molecule has 0 saturated carbocycles. The van der Waals surface area contributed by atoms with Crippen LogP contribution in [0.1, 0.15) is 36.5 Å². The van der Waals surface area contributed by atoms with Crippen LogP contribution in [0.15, 0.2) is 30.7 Å². The predicted molar refractivity (Wildman–Crippen MR) is 89.2 cm³/mol. The highest BCUT2D eigenvalue weighted by atomic mass is 16.5. The van der Waals surface area contributed by atoms with E-state index in [1.165, 1.54) is 6.42 Å². The van der Waals surface area contributed by atoms with E-state index < -0.39 is 0 Å². The minimum Gasteiger partial charge on any atom is -0.477 e. The van der Waals surface area contributed by atoms with Gasteiger partial charge in [0.05, 0.1) is 31.1 Å². The number of carbonyl (C=O) groups excluding carboxylic acids is 1. The Bertz CT molecular complexity index is 680. The Morgan fingerprint density at radius 2 is 2.42 bits per heavy atom. The topological polar surface area (TPSA) is 78.3 Å². The van der Waals surface area contributed by atoms with Crippen molar-refractivity contribution in [2.75, 3.05) is 18.5 Å². The van der Waals surface area contributed by atoms with Crippen LogP contribution >= 0.6 is 0 Å². The maximum atomic E-state index is 12.4. The summed E-state index contributed by atoms with van der Waals surface area (Å²) in [6.45, 7) is 3.83. The highest BCUT2D eigenvalue weighted by Gasteiger charge is 2.17. The molecule has 128 valence electrons. The SMILES string of the molecule is CCOc1ncccc1C(=O)Nc1cnn(CC2CCCCO2)c1. The first-order valence-corrected chi connectivity index (χ1v) is 8.29. The number of aromatic nitrogens is 3. The van der Waals surface area contributed by atoms with E-state index in [9.17, 15) is 4.79 Å². The molecule has 1 aliphatic rings. The third-order valence-electron chi connectivity index (χ3n) is 3.85. The Morgan fingerprint density at radius 3 is 3.21 bits per heavy atom. The Balaban J connectivity index is 1.63. The number of pyridine rings is 1. The lowest BCUT2D eigenvalue weighted by atomic mass is 10.1. The smallest absolute Gasteiger partial charge is 0.261 e. The zero-order chi connectivity index (χ0) is 16.8. The maximum absolute atomic E-state index is 12.4. The van der Waals surface area contributed by atoms with Crippen LogP contribution in [-0.4, -0.2) is 40.0 Å². The predicted octanol–water partition coefficient (Wildman–Crippen LogP) is 2.50. The second-order valence-electron chi connectivity index (χ2n) is 5.68. The molecule has 1 amide bonds. The van der Waals surface area contributed by atoms with Gasteiger partial charge in [0.1, 0.15) is 5.56 Å². The Hall–Kier alpha value is -2.41. The molecule has 7 heteroatoms. The molecule has 0 aliphatic carbocycles. The van der Waals surface area contributed by atoms with Crippen LogP contribution < -0.4 is 10.1 Å². The van der Waals surface area contributed by atoms with Gasteiger partial charge in [0.15, 0.2) is 0 Å². The van der Waals surface area contributed by atoms with Crippen LogP contribution in [0.4, 0.5) is 5.69 Å². The summed E-state index contributed by atoms with van der Waals surface area (Å²) in [4.78, 5) is 16.5. The van der Waals surface area contributed by atoms with Crippen molar-refractivity contribution < 1.29 is 14.3 Å². The highest BCUT2D eigenvalue weighted by Crippen LogP contribution is 2.18. The number of anilines is 1. The van der Waals surface area contributed by atoms with Crippen molar-refractivity contribution in [2.24, 2.45) is 0 Å². The molecular formula is C17H22N4O3. The monoisotopic (exact) mass is 330 g/mol. The fraction of sp³-hybridized carbons (Fsp3) is 0.471. The van der Waals surface area contributed by atoms with Crippen LogP contribution in [0.2, 0.25) is 0 Å². The summed E-state index contributed by atoms with van der Waals surface area (Å²) in [6, 6.07) is 3.40. The van der Waals surface area contributed by atoms with Gasteiger partial charge in [-0.15, -0.1) is 0 Å². The fourth-order valence-electron chi connectivity index (χ4n) is 2.70. The van der Waals surface area contributed by atoms with Crippen molar-refractivity contribution >= 4 is 11.6 Å². The number of amides is 1. The molecular weight excluding hydrogens is 308 g/mol. The zero-order valence-corrected chi connectivity index (χ0v) is 13.8. The molecule has 7 nitrogen and oxygen atoms in total. The second kappa shape index (κ2) is 7.92. The zero-order valence-electron chi connectivity index (χ0n) is 13.8. The number of nitrogens with one attached hydrogen (secondary N) is 1. The average molecular weight is 330 g/mol. The first kappa shape index (κ1) is 16.4. The molecule has 3 rings (SSSR count). The number of hydrogen-bond donors (Lipinski definition) is 1. The number of nitrogens with zero attached hydrogens (tertiary/aromatic N) is 3. The van der Waals surface area contributed by atoms with E-state index in [-0.39, 0.29) is 12.0 Å². The summed E-state index contributed by atoms with van der Waals surface area (Å²) in [7, 11) is 0. The number of rotatable bonds is 6. The standard InChI is InChI=1S/C17H22N4O3/c1-2-23-17-15(7-5-8-18-17)16(22)20-13-10-19-21(11-13)12-14-6-3-4-9-24-14/h5,7-8,10-11,14H,2-4,6,9,12H2,1H3,(H,20,22). The third-order valence-corrected chi connectivity index (χ3v) is 3.85. The van der Waals surface area contributed by atoms with Crippen molar-refractivity contribution in [1.29, 1.82) is 0 Å². The lowest BCUT2D eigenvalue weighted by Crippen LogP contribution is -2.24. The van der Waals surface area contributed by atoms with Crippen molar-refractivity contribution in [1.82, 2.24) is 14.8 Å². The quantitative estimate of drug-likeness (QED) is 0.880. The molecule has 24 heavy (non-hydrogen) atoms. The summed E-state index contributed by atoms with van der Waals surface area (Å²) in [5, 5.41) is 7.12. The summed E-state index contributed by atoms with van der Waals surface area (Å²) in [5.74, 6) is 0.0699. The van der Waals surface area contributed by atoms with E-state index in [4.69, 9.17) is 9.47 Å². The molecule has 0 radical (unpaired) electrons. The van der Waals surface area contributed by atoms with E-state index in [1.54, 1.807) is 29.2 Å². The fourth-order valence-corrected chi connectivity index (χ4v) is 2.70. The molecule has 0 aromatic carbocycles. The first-order chi connectivity index (χ1) is 11.8. The van der Waals surface area contributed by atoms with Crippen LogP contribution in [-0.2, 0) is 11.3 Å². The number of ether oxygens (including phenoxy) is 2. The summed E-state index contributed by atoms with van der Waals surface area (Å²) in [5.41, 5.74) is 1.05. The molecule has 0 bridgehead atoms. The van der Waals surface area contributed by atoms with Gasteiger partial charge in [0, 0.05) is 19.0 Å². The van der Waals surface area contributed by atoms with Gasteiger partial charge in [0.2, 0.25) is 5.88 Å². The van der Waals surface area contributed by atoms with E-state index >= 15 is 0 Å². The highest BCUT2D eigenvalue weighted by molar-refractivity contribution is 6.05. The number of carbonyl (C=O) groups is 1. The molecule has 1 aliphatic heterocycles. The van der Waals surface area contributed by atoms with Crippen LogP contribution in [0.25, 0.3) is 0 Å². The second-order valence-corrected chi connectivity index (χ2v) is 5.68. The lowest BCUT2D eigenvalue weighted by molar-refractivity contribution is 0.00401. The Labute approximate surface area is 141 Å². The van der Waals surface area contributed by atoms with Gasteiger partial charge in [0.25, 0.3) is 5.91 Å². The molecule has 1 unspecified atom stereocenters. The largest absolute Gasteiger partial charge is 0.477 e. The van der Waals surface area contributed by atoms with Gasteiger partial charge in [-0.05, 0) is 38.3 Å². The van der Waals surface area contributed by atoms with Gasteiger partial charge in [-0.2, -0.15) is 5.10 Å². The van der Waals surface area contributed by atoms with Crippen molar-refractivity contribution in [2.45, 2.75) is 38.8 Å². The minimum atomic E-state index is -0.264. The summed E-state index contributed by atoms with van der Waals surface area (Å²) >= 11 is 0. The minimum absolute atomic E-state index is 0.199. The summed E-state index contributed by atoms with van der Waals surface area (Å²) < 4.78 is 12.9. The Morgan fingerprint density at radius 1 is 1.50 bits per heavy atom. The molecule has 1 atom stereocenters. The molecule has 3 heterocycles. The molecule has 2 aromatic heterocycles. The van der Waals surface area contributed by atoms with Crippen molar-refractivity contribution in [3.8, 4) is 5.88 Å². The van der Waals surface area contributed by atoms with Crippen LogP contribution in [0.5, 0.6) is 5.88 Å². The van der Waals surface area contributed by atoms with Gasteiger partial charge >= 0.3 is 0 Å². The van der Waals surface area contributed by atoms with E-state index in [0.29, 0.717) is 30.3 Å². The van der Waals surface area contributed by atoms with E-state index in [1.807, 2.05) is 13.1 Å². The molecule has 1 saturated heterocycles. The molecule has 0 spiro atoms. The van der Waals surface area contributed by atoms with Crippen molar-refractivity contribution in [3.05, 3.63) is 36.3 Å². The number of hydrogen-bond acceptors (Lipinski definition) is 5. The van der Waals surface area contributed by atoms with E-state index in [0.717, 1.165) is 19.4 Å². The van der Waals surface area contributed by atoms with Gasteiger partial charge < -0.3 is 14.8 Å². The first-order valence-electron chi connectivity index (χ1n) is 8.29. The maximum Gasteiger partial charge on any atom is 0.261 e. The molecule has 1 N–H and O–H groups in total. The lowest BCUT2D eigenvalue weighted by Gasteiger charge is -2.22.